The summed E-state index contributed by atoms with van der Waals surface area (Å²) in [4.78, 5) is 9.60. The Balaban J connectivity index is 0.00000280. The van der Waals surface area contributed by atoms with E-state index in [0.29, 0.717) is 0 Å². The number of hydrogen-bond acceptors (Lipinski definition) is 9. The fourth-order valence-electron chi connectivity index (χ4n) is 2.47. The van der Waals surface area contributed by atoms with Crippen molar-refractivity contribution in [1.82, 2.24) is 0 Å². The van der Waals surface area contributed by atoms with Crippen molar-refractivity contribution in [3.8, 4) is 5.75 Å². The molecule has 0 saturated carbocycles. The number of nitrogens with two attached hydrogens (primary N) is 1. The molecule has 0 bridgehead atoms. The molecule has 0 amide bonds. The first kappa shape index (κ1) is 21.7. The number of nitrogens with zero attached hydrogens (tertiary/aromatic N) is 3. The number of nitrogen functional groups attached to an aromatic ring is 1. The average molecular weight is 410 g/mol. The van der Waals surface area contributed by atoms with Crippen LogP contribution in [0.3, 0.4) is 0 Å². The van der Waals surface area contributed by atoms with Gasteiger partial charge >= 0.3 is 29.6 Å². The topological polar surface area (TPSA) is 171 Å². The molecule has 10 nitrogen and oxygen atoms in total. The maximum absolute atomic E-state index is 11.4. The molecule has 0 spiro atoms. The SMILES string of the molecule is Nc1ccc2c(S(=O)(=O)[O-])cccc2c1N=Nc1ccc([N+](=O)[O-])cc1O.[Na+]. The first-order valence-electron chi connectivity index (χ1n) is 7.35. The van der Waals surface area contributed by atoms with E-state index in [1.165, 1.54) is 36.4 Å². The largest absolute Gasteiger partial charge is 1.00 e. The molecule has 0 aliphatic heterocycles. The van der Waals surface area contributed by atoms with E-state index >= 15 is 0 Å². The Hall–Kier alpha value is -2.57. The van der Waals surface area contributed by atoms with Crippen LogP contribution in [0.1, 0.15) is 0 Å². The van der Waals surface area contributed by atoms with Crippen molar-refractivity contribution in [1.29, 1.82) is 0 Å². The Kier molecular flexibility index (Phi) is 6.37. The fourth-order valence-corrected chi connectivity index (χ4v) is 3.17. The third-order valence-corrected chi connectivity index (χ3v) is 4.62. The zero-order valence-electron chi connectivity index (χ0n) is 14.4. The van der Waals surface area contributed by atoms with Crippen molar-refractivity contribution in [2.75, 3.05) is 5.73 Å². The van der Waals surface area contributed by atoms with Gasteiger partial charge in [0.25, 0.3) is 5.69 Å². The third-order valence-electron chi connectivity index (χ3n) is 3.72. The third kappa shape index (κ3) is 4.29. The zero-order chi connectivity index (χ0) is 19.8. The van der Waals surface area contributed by atoms with Gasteiger partial charge in [-0.25, -0.2) is 8.42 Å². The minimum atomic E-state index is -4.71. The second-order valence-corrected chi connectivity index (χ2v) is 6.79. The van der Waals surface area contributed by atoms with E-state index in [4.69, 9.17) is 5.73 Å². The minimum absolute atomic E-state index is 0. The molecule has 0 radical (unpaired) electrons. The molecule has 3 N–H and O–H groups in total. The van der Waals surface area contributed by atoms with E-state index < -0.39 is 25.7 Å². The van der Waals surface area contributed by atoms with Gasteiger partial charge in [-0.2, -0.15) is 0 Å². The predicted molar refractivity (Wildman–Crippen MR) is 95.3 cm³/mol. The minimum Gasteiger partial charge on any atom is -0.744 e. The number of nitro groups is 1. The second kappa shape index (κ2) is 8.20. The summed E-state index contributed by atoms with van der Waals surface area (Å²) >= 11 is 0. The molecule has 138 valence electrons. The molecule has 0 aliphatic rings. The Bertz CT molecular complexity index is 1210. The summed E-state index contributed by atoms with van der Waals surface area (Å²) in [6.45, 7) is 0. The number of azo groups is 1. The maximum atomic E-state index is 11.4. The molecule has 3 aromatic rings. The molecule has 12 heteroatoms. The van der Waals surface area contributed by atoms with Crippen molar-refractivity contribution in [2.45, 2.75) is 4.90 Å². The van der Waals surface area contributed by atoms with E-state index in [1.807, 2.05) is 0 Å². The van der Waals surface area contributed by atoms with Crippen LogP contribution in [0.15, 0.2) is 63.7 Å². The summed E-state index contributed by atoms with van der Waals surface area (Å²) < 4.78 is 34.3. The van der Waals surface area contributed by atoms with E-state index in [-0.39, 0.29) is 63.1 Å². The van der Waals surface area contributed by atoms with E-state index in [0.717, 1.165) is 12.1 Å². The van der Waals surface area contributed by atoms with Crippen LogP contribution in [0.25, 0.3) is 10.8 Å². The Labute approximate surface area is 180 Å². The van der Waals surface area contributed by atoms with Gasteiger partial charge < -0.3 is 15.4 Å². The number of nitro benzene ring substituents is 1. The zero-order valence-corrected chi connectivity index (χ0v) is 17.3. The smallest absolute Gasteiger partial charge is 0.744 e. The Morgan fingerprint density at radius 1 is 1.04 bits per heavy atom. The van der Waals surface area contributed by atoms with Gasteiger partial charge in [-0.05, 0) is 18.2 Å². The van der Waals surface area contributed by atoms with Gasteiger partial charge in [-0.15, -0.1) is 10.2 Å². The van der Waals surface area contributed by atoms with Gasteiger partial charge in [-0.3, -0.25) is 10.1 Å². The summed E-state index contributed by atoms with van der Waals surface area (Å²) in [5.74, 6) is -0.463. The van der Waals surface area contributed by atoms with Crippen LogP contribution in [0.4, 0.5) is 22.7 Å². The van der Waals surface area contributed by atoms with Crippen molar-refractivity contribution in [3.05, 3.63) is 58.6 Å². The van der Waals surface area contributed by atoms with Crippen molar-refractivity contribution < 1.29 is 52.6 Å². The van der Waals surface area contributed by atoms with E-state index in [2.05, 4.69) is 10.2 Å². The van der Waals surface area contributed by atoms with Crippen LogP contribution in [0.5, 0.6) is 5.75 Å². The van der Waals surface area contributed by atoms with Gasteiger partial charge in [0.1, 0.15) is 27.2 Å². The number of rotatable bonds is 4. The first-order valence-corrected chi connectivity index (χ1v) is 8.75. The van der Waals surface area contributed by atoms with Crippen LogP contribution in [0, 0.1) is 10.1 Å². The second-order valence-electron chi connectivity index (χ2n) is 5.44. The summed E-state index contributed by atoms with van der Waals surface area (Å²) in [5.41, 5.74) is 5.76. The van der Waals surface area contributed by atoms with Crippen LogP contribution in [0.2, 0.25) is 0 Å². The number of hydrogen-bond donors (Lipinski definition) is 2. The number of anilines is 1. The quantitative estimate of drug-likeness (QED) is 0.156. The molecule has 3 aromatic carbocycles. The Morgan fingerprint density at radius 3 is 2.36 bits per heavy atom. The molecule has 0 fully saturated rings. The van der Waals surface area contributed by atoms with E-state index in [1.54, 1.807) is 0 Å². The monoisotopic (exact) mass is 410 g/mol. The molecule has 0 aromatic heterocycles. The van der Waals surface area contributed by atoms with E-state index in [9.17, 15) is 28.2 Å². The number of fused-ring (bicyclic) bond motifs is 1. The van der Waals surface area contributed by atoms with Gasteiger partial charge in [0.2, 0.25) is 0 Å². The predicted octanol–water partition coefficient (Wildman–Crippen LogP) is 0.359. The molecular weight excluding hydrogens is 399 g/mol. The fraction of sp³-hybridized carbons (Fsp3) is 0. The summed E-state index contributed by atoms with van der Waals surface area (Å²) in [7, 11) is -4.71. The molecular formula is C16H11N4NaO6S. The van der Waals surface area contributed by atoms with Gasteiger partial charge in [-0.1, -0.05) is 18.2 Å². The summed E-state index contributed by atoms with van der Waals surface area (Å²) in [6, 6.07) is 10.1. The number of non-ortho nitro benzene ring substituents is 1. The van der Waals surface area contributed by atoms with Gasteiger partial charge in [0.05, 0.1) is 21.6 Å². The van der Waals surface area contributed by atoms with Crippen LogP contribution < -0.4 is 35.3 Å². The van der Waals surface area contributed by atoms with Gasteiger partial charge in [0.15, 0.2) is 0 Å². The van der Waals surface area contributed by atoms with Crippen molar-refractivity contribution in [3.63, 3.8) is 0 Å². The number of phenolic OH excluding ortho intramolecular Hbond substituents is 1. The molecule has 0 aliphatic carbocycles. The molecule has 0 heterocycles. The maximum Gasteiger partial charge on any atom is 1.00 e. The van der Waals surface area contributed by atoms with Crippen molar-refractivity contribution >= 4 is 43.6 Å². The Morgan fingerprint density at radius 2 is 1.75 bits per heavy atom. The van der Waals surface area contributed by atoms with Crippen LogP contribution in [-0.2, 0) is 10.1 Å². The normalized spacial score (nSPS) is 11.5. The molecule has 0 atom stereocenters. The van der Waals surface area contributed by atoms with Crippen LogP contribution in [-0.4, -0.2) is 23.0 Å². The average Bonchev–Trinajstić information content (AvgIpc) is 2.60. The molecule has 0 unspecified atom stereocenters. The number of benzene rings is 3. The van der Waals surface area contributed by atoms with Crippen molar-refractivity contribution in [2.24, 2.45) is 10.2 Å². The van der Waals surface area contributed by atoms with Crippen LogP contribution >= 0.6 is 0 Å². The van der Waals surface area contributed by atoms with Gasteiger partial charge in [0, 0.05) is 16.8 Å². The standard InChI is InChI=1S/C16H12N4O6S.Na/c17-12-6-5-10-11(2-1-3-15(10)27(24,25)26)16(12)19-18-13-7-4-9(20(22)23)8-14(13)21;/h1-8,21H,17H2,(H,24,25,26);/q;+1/p-1. The summed E-state index contributed by atoms with van der Waals surface area (Å²) in [6.07, 6.45) is 0. The summed E-state index contributed by atoms with van der Waals surface area (Å²) in [5, 5.41) is 28.7. The molecule has 0 saturated heterocycles. The molecule has 3 rings (SSSR count). The molecule has 28 heavy (non-hydrogen) atoms. The number of phenols is 1. The number of aromatic hydroxyl groups is 1. The first-order chi connectivity index (χ1) is 12.7.